The number of methoxy groups -OCH3 is 1. The van der Waals surface area contributed by atoms with Gasteiger partial charge < -0.3 is 14.6 Å². The van der Waals surface area contributed by atoms with Gasteiger partial charge >= 0.3 is 0 Å². The quantitative estimate of drug-likeness (QED) is 0.865. The zero-order valence-electron chi connectivity index (χ0n) is 11.8. The van der Waals surface area contributed by atoms with Crippen molar-refractivity contribution in [3.05, 3.63) is 48.0 Å². The van der Waals surface area contributed by atoms with Crippen molar-refractivity contribution in [1.29, 1.82) is 0 Å². The highest BCUT2D eigenvalue weighted by molar-refractivity contribution is 5.35. The number of aryl methyl sites for hydroxylation is 2. The van der Waals surface area contributed by atoms with Gasteiger partial charge in [0, 0.05) is 37.5 Å². The monoisotopic (exact) mass is 259 g/mol. The largest absolute Gasteiger partial charge is 0.496 e. The molecule has 4 heteroatoms. The number of hydrogen-bond donors (Lipinski definition) is 1. The van der Waals surface area contributed by atoms with Gasteiger partial charge in [0.25, 0.3) is 0 Å². The average Bonchev–Trinajstić information content (AvgIpc) is 2.85. The smallest absolute Gasteiger partial charge is 0.123 e. The number of rotatable bonds is 6. The second-order valence-electron chi connectivity index (χ2n) is 4.58. The van der Waals surface area contributed by atoms with Gasteiger partial charge in [-0.3, -0.25) is 0 Å². The van der Waals surface area contributed by atoms with Gasteiger partial charge in [-0.05, 0) is 19.5 Å². The van der Waals surface area contributed by atoms with Crippen LogP contribution < -0.4 is 10.1 Å². The van der Waals surface area contributed by atoms with Crippen LogP contribution in [0.2, 0.25) is 0 Å². The number of para-hydroxylation sites is 1. The summed E-state index contributed by atoms with van der Waals surface area (Å²) in [6.07, 6.45) is 5.74. The molecule has 2 rings (SSSR count). The van der Waals surface area contributed by atoms with Gasteiger partial charge in [-0.15, -0.1) is 0 Å². The number of imidazole rings is 1. The third-order valence-corrected chi connectivity index (χ3v) is 3.44. The van der Waals surface area contributed by atoms with Crippen molar-refractivity contribution in [3.63, 3.8) is 0 Å². The summed E-state index contributed by atoms with van der Waals surface area (Å²) < 4.78 is 7.49. The molecule has 0 radical (unpaired) electrons. The molecule has 0 fully saturated rings. The van der Waals surface area contributed by atoms with E-state index in [9.17, 15) is 0 Å². The first-order chi connectivity index (χ1) is 9.26. The molecule has 19 heavy (non-hydrogen) atoms. The van der Waals surface area contributed by atoms with Crippen molar-refractivity contribution in [2.75, 3.05) is 14.2 Å². The van der Waals surface area contributed by atoms with Crippen LogP contribution in [0.25, 0.3) is 0 Å². The Bertz CT molecular complexity index is 522. The third kappa shape index (κ3) is 3.15. The minimum Gasteiger partial charge on any atom is -0.496 e. The fourth-order valence-electron chi connectivity index (χ4n) is 2.32. The summed E-state index contributed by atoms with van der Waals surface area (Å²) >= 11 is 0. The van der Waals surface area contributed by atoms with Crippen molar-refractivity contribution >= 4 is 0 Å². The maximum atomic E-state index is 5.43. The van der Waals surface area contributed by atoms with Gasteiger partial charge in [0.2, 0.25) is 0 Å². The Morgan fingerprint density at radius 3 is 2.79 bits per heavy atom. The van der Waals surface area contributed by atoms with E-state index in [4.69, 9.17) is 4.74 Å². The molecule has 0 saturated carbocycles. The third-order valence-electron chi connectivity index (χ3n) is 3.44. The summed E-state index contributed by atoms with van der Waals surface area (Å²) in [5, 5.41) is 3.36. The predicted molar refractivity (Wildman–Crippen MR) is 76.3 cm³/mol. The van der Waals surface area contributed by atoms with Gasteiger partial charge in [0.05, 0.1) is 7.11 Å². The molecule has 102 valence electrons. The van der Waals surface area contributed by atoms with Crippen LogP contribution >= 0.6 is 0 Å². The van der Waals surface area contributed by atoms with E-state index < -0.39 is 0 Å². The average molecular weight is 259 g/mol. The SMILES string of the molecule is CNC(CCc1nccn1C)c1ccccc1OC. The summed E-state index contributed by atoms with van der Waals surface area (Å²) in [7, 11) is 5.72. The van der Waals surface area contributed by atoms with Crippen LogP contribution in [0.1, 0.15) is 23.9 Å². The van der Waals surface area contributed by atoms with Crippen LogP contribution in [-0.2, 0) is 13.5 Å². The van der Waals surface area contributed by atoms with E-state index in [1.165, 1.54) is 5.56 Å². The van der Waals surface area contributed by atoms with Crippen molar-refractivity contribution in [3.8, 4) is 5.75 Å². The molecule has 1 aromatic carbocycles. The minimum absolute atomic E-state index is 0.271. The summed E-state index contributed by atoms with van der Waals surface area (Å²) in [5.41, 5.74) is 1.20. The summed E-state index contributed by atoms with van der Waals surface area (Å²) in [6, 6.07) is 8.42. The van der Waals surface area contributed by atoms with Gasteiger partial charge in [-0.2, -0.15) is 0 Å². The zero-order valence-corrected chi connectivity index (χ0v) is 11.8. The van der Waals surface area contributed by atoms with Crippen LogP contribution in [0, 0.1) is 0 Å². The van der Waals surface area contributed by atoms with Crippen LogP contribution in [0.15, 0.2) is 36.7 Å². The molecule has 0 spiro atoms. The molecule has 0 aliphatic carbocycles. The van der Waals surface area contributed by atoms with E-state index in [1.54, 1.807) is 7.11 Å². The molecule has 1 atom stereocenters. The number of hydrogen-bond acceptors (Lipinski definition) is 3. The first-order valence-electron chi connectivity index (χ1n) is 6.52. The summed E-state index contributed by atoms with van der Waals surface area (Å²) in [6.45, 7) is 0. The normalized spacial score (nSPS) is 12.4. The predicted octanol–water partition coefficient (Wildman–Crippen LogP) is 2.32. The topological polar surface area (TPSA) is 39.1 Å². The summed E-state index contributed by atoms with van der Waals surface area (Å²) in [4.78, 5) is 4.36. The molecule has 4 nitrogen and oxygen atoms in total. The lowest BCUT2D eigenvalue weighted by molar-refractivity contribution is 0.398. The fourth-order valence-corrected chi connectivity index (χ4v) is 2.32. The number of benzene rings is 1. The van der Waals surface area contributed by atoms with Crippen LogP contribution in [-0.4, -0.2) is 23.7 Å². The molecular formula is C15H21N3O. The maximum absolute atomic E-state index is 5.43. The maximum Gasteiger partial charge on any atom is 0.123 e. The number of nitrogens with zero attached hydrogens (tertiary/aromatic N) is 2. The van der Waals surface area contributed by atoms with Gasteiger partial charge in [0.15, 0.2) is 0 Å². The van der Waals surface area contributed by atoms with Crippen molar-refractivity contribution < 1.29 is 4.74 Å². The van der Waals surface area contributed by atoms with Crippen molar-refractivity contribution in [2.45, 2.75) is 18.9 Å². The lowest BCUT2D eigenvalue weighted by atomic mass is 10.0. The molecule has 1 unspecified atom stereocenters. The Balaban J connectivity index is 2.10. The molecule has 0 aliphatic heterocycles. The Labute approximate surface area is 114 Å². The second-order valence-corrected chi connectivity index (χ2v) is 4.58. The highest BCUT2D eigenvalue weighted by Crippen LogP contribution is 2.27. The standard InChI is InChI=1S/C15H21N3O/c1-16-13(8-9-15-17-10-11-18(15)2)12-6-4-5-7-14(12)19-3/h4-7,10-11,13,16H,8-9H2,1-3H3. The van der Waals surface area contributed by atoms with Crippen LogP contribution in [0.4, 0.5) is 0 Å². The Kier molecular flexibility index (Phi) is 4.58. The van der Waals surface area contributed by atoms with E-state index >= 15 is 0 Å². The minimum atomic E-state index is 0.271. The Hall–Kier alpha value is -1.81. The molecule has 0 amide bonds. The van der Waals surface area contributed by atoms with Gasteiger partial charge in [-0.25, -0.2) is 4.98 Å². The van der Waals surface area contributed by atoms with E-state index in [1.807, 2.05) is 44.7 Å². The zero-order chi connectivity index (χ0) is 13.7. The van der Waals surface area contributed by atoms with E-state index in [0.29, 0.717) is 0 Å². The number of nitrogens with one attached hydrogen (secondary N) is 1. The van der Waals surface area contributed by atoms with Crippen molar-refractivity contribution in [1.82, 2.24) is 14.9 Å². The lowest BCUT2D eigenvalue weighted by Gasteiger charge is -2.19. The molecule has 2 aromatic rings. The highest BCUT2D eigenvalue weighted by Gasteiger charge is 2.14. The Morgan fingerprint density at radius 2 is 2.16 bits per heavy atom. The Morgan fingerprint density at radius 1 is 1.37 bits per heavy atom. The van der Waals surface area contributed by atoms with Crippen LogP contribution in [0.5, 0.6) is 5.75 Å². The van der Waals surface area contributed by atoms with Crippen LogP contribution in [0.3, 0.4) is 0 Å². The molecule has 1 heterocycles. The van der Waals surface area contributed by atoms with E-state index in [0.717, 1.165) is 24.4 Å². The molecule has 1 N–H and O–H groups in total. The highest BCUT2D eigenvalue weighted by atomic mass is 16.5. The molecule has 0 bridgehead atoms. The number of ether oxygens (including phenoxy) is 1. The van der Waals surface area contributed by atoms with Gasteiger partial charge in [0.1, 0.15) is 11.6 Å². The molecule has 0 saturated heterocycles. The fraction of sp³-hybridized carbons (Fsp3) is 0.400. The van der Waals surface area contributed by atoms with E-state index in [2.05, 4.69) is 20.9 Å². The van der Waals surface area contributed by atoms with Crippen molar-refractivity contribution in [2.24, 2.45) is 7.05 Å². The lowest BCUT2D eigenvalue weighted by Crippen LogP contribution is -2.18. The van der Waals surface area contributed by atoms with Gasteiger partial charge in [-0.1, -0.05) is 18.2 Å². The summed E-state index contributed by atoms with van der Waals surface area (Å²) in [5.74, 6) is 2.04. The molecular weight excluding hydrogens is 238 g/mol. The second kappa shape index (κ2) is 6.38. The number of aromatic nitrogens is 2. The molecule has 1 aromatic heterocycles. The first-order valence-corrected chi connectivity index (χ1v) is 6.52. The first kappa shape index (κ1) is 13.6. The van der Waals surface area contributed by atoms with E-state index in [-0.39, 0.29) is 6.04 Å². The molecule has 0 aliphatic rings.